The van der Waals surface area contributed by atoms with E-state index in [9.17, 15) is 0 Å². The second-order valence-corrected chi connectivity index (χ2v) is 20.6. The number of benzene rings is 9. The maximum atomic E-state index is 15.5. The number of hydrogen-bond donors (Lipinski definition) is 0. The van der Waals surface area contributed by atoms with E-state index in [0.717, 1.165) is 92.1 Å². The fourth-order valence-corrected chi connectivity index (χ4v) is 14.1. The van der Waals surface area contributed by atoms with E-state index in [1.807, 2.05) is 140 Å². The predicted octanol–water partition coefficient (Wildman–Crippen LogP) is 10.9. The highest BCUT2D eigenvalue weighted by molar-refractivity contribution is 7.85. The van der Waals surface area contributed by atoms with E-state index in [0.29, 0.717) is 0 Å². The number of pyridine rings is 1. The van der Waals surface area contributed by atoms with Crippen molar-refractivity contribution in [2.75, 3.05) is 0 Å². The van der Waals surface area contributed by atoms with Crippen LogP contribution in [0.1, 0.15) is 0 Å². The Morgan fingerprint density at radius 1 is 0.339 bits per heavy atom. The first-order chi connectivity index (χ1) is 29.0. The van der Waals surface area contributed by atoms with Gasteiger partial charge in [0.05, 0.1) is 16.6 Å². The molecule has 9 aromatic carbocycles. The zero-order chi connectivity index (χ0) is 39.6. The third-order valence-corrected chi connectivity index (χ3v) is 17.8. The van der Waals surface area contributed by atoms with E-state index in [1.165, 1.54) is 0 Å². The smallest absolute Gasteiger partial charge is 0.171 e. The SMILES string of the molecule is O=P(c1ccccc1)(c1ccccc1)c1ccc2cc(-c3ccc4c5ccccc5c5nc6ccc(P(=O)(c7ccccc7)c7ccccc7)cc6n5c4c3)ccc2c1. The largest absolute Gasteiger partial charge is 0.309 e. The van der Waals surface area contributed by atoms with E-state index in [-0.39, 0.29) is 0 Å². The molecule has 0 aliphatic carbocycles. The second kappa shape index (κ2) is 13.9. The van der Waals surface area contributed by atoms with Gasteiger partial charge in [0.1, 0.15) is 5.65 Å². The lowest BCUT2D eigenvalue weighted by molar-refractivity contribution is 0.591. The molecular formula is C53H36N2O2P2. The Balaban J connectivity index is 1.09. The van der Waals surface area contributed by atoms with Crippen LogP contribution in [0.4, 0.5) is 0 Å². The summed E-state index contributed by atoms with van der Waals surface area (Å²) < 4.78 is 32.9. The van der Waals surface area contributed by atoms with Gasteiger partial charge in [0.15, 0.2) is 14.3 Å². The van der Waals surface area contributed by atoms with Gasteiger partial charge in [-0.1, -0.05) is 182 Å². The summed E-state index contributed by atoms with van der Waals surface area (Å²) in [6.45, 7) is 0. The Morgan fingerprint density at radius 3 is 1.39 bits per heavy atom. The van der Waals surface area contributed by atoms with Gasteiger partial charge in [0.25, 0.3) is 0 Å². The van der Waals surface area contributed by atoms with E-state index in [4.69, 9.17) is 4.98 Å². The molecule has 0 N–H and O–H groups in total. The van der Waals surface area contributed by atoms with E-state index in [1.54, 1.807) is 0 Å². The monoisotopic (exact) mass is 794 g/mol. The number of fused-ring (bicyclic) bond motifs is 9. The van der Waals surface area contributed by atoms with Gasteiger partial charge in [-0.2, -0.15) is 0 Å². The topological polar surface area (TPSA) is 51.4 Å². The van der Waals surface area contributed by atoms with Crippen molar-refractivity contribution in [1.29, 1.82) is 0 Å². The minimum absolute atomic E-state index is 0.764. The van der Waals surface area contributed by atoms with Crippen LogP contribution in [0.3, 0.4) is 0 Å². The molecule has 0 aliphatic rings. The minimum atomic E-state index is -3.23. The van der Waals surface area contributed by atoms with Gasteiger partial charge < -0.3 is 9.13 Å². The Kier molecular flexibility index (Phi) is 8.34. The van der Waals surface area contributed by atoms with Crippen LogP contribution in [0.25, 0.3) is 60.3 Å². The molecule has 0 aliphatic heterocycles. The van der Waals surface area contributed by atoms with E-state index in [2.05, 4.69) is 83.3 Å². The molecule has 11 rings (SSSR count). The van der Waals surface area contributed by atoms with Gasteiger partial charge in [-0.15, -0.1) is 0 Å². The van der Waals surface area contributed by atoms with Crippen LogP contribution < -0.4 is 31.8 Å². The minimum Gasteiger partial charge on any atom is -0.309 e. The molecule has 6 heteroatoms. The van der Waals surface area contributed by atoms with Crippen molar-refractivity contribution in [3.8, 4) is 11.1 Å². The number of hydrogen-bond acceptors (Lipinski definition) is 3. The average Bonchev–Trinajstić information content (AvgIpc) is 3.71. The van der Waals surface area contributed by atoms with Gasteiger partial charge in [-0.3, -0.25) is 4.40 Å². The van der Waals surface area contributed by atoms with Crippen LogP contribution in [0.2, 0.25) is 0 Å². The van der Waals surface area contributed by atoms with Crippen molar-refractivity contribution < 1.29 is 9.13 Å². The molecule has 2 aromatic heterocycles. The zero-order valence-electron chi connectivity index (χ0n) is 31.9. The fourth-order valence-electron chi connectivity index (χ4n) is 8.78. The van der Waals surface area contributed by atoms with Gasteiger partial charge in [-0.05, 0) is 63.7 Å². The van der Waals surface area contributed by atoms with Gasteiger partial charge in [0, 0.05) is 42.6 Å². The molecule has 280 valence electrons. The van der Waals surface area contributed by atoms with Crippen molar-refractivity contribution >= 4 is 95.2 Å². The van der Waals surface area contributed by atoms with Gasteiger partial charge in [0.2, 0.25) is 0 Å². The van der Waals surface area contributed by atoms with Crippen LogP contribution >= 0.6 is 14.3 Å². The second-order valence-electron chi connectivity index (χ2n) is 15.0. The third-order valence-electron chi connectivity index (χ3n) is 11.7. The van der Waals surface area contributed by atoms with Crippen LogP contribution in [-0.4, -0.2) is 9.38 Å². The lowest BCUT2D eigenvalue weighted by Crippen LogP contribution is -2.24. The van der Waals surface area contributed by atoms with Crippen LogP contribution in [0.15, 0.2) is 218 Å². The molecule has 2 heterocycles. The molecule has 59 heavy (non-hydrogen) atoms. The summed E-state index contributed by atoms with van der Waals surface area (Å²) >= 11 is 0. The van der Waals surface area contributed by atoms with Crippen molar-refractivity contribution in [2.24, 2.45) is 0 Å². The first-order valence-electron chi connectivity index (χ1n) is 19.7. The van der Waals surface area contributed by atoms with Crippen molar-refractivity contribution in [2.45, 2.75) is 0 Å². The molecule has 0 spiro atoms. The van der Waals surface area contributed by atoms with E-state index < -0.39 is 14.3 Å². The average molecular weight is 795 g/mol. The maximum absolute atomic E-state index is 15.5. The van der Waals surface area contributed by atoms with Crippen LogP contribution in [-0.2, 0) is 9.13 Å². The summed E-state index contributed by atoms with van der Waals surface area (Å²) in [6.07, 6.45) is 0. The Bertz CT molecular complexity index is 3410. The molecule has 0 unspecified atom stereocenters. The lowest BCUT2D eigenvalue weighted by atomic mass is 9.98. The highest BCUT2D eigenvalue weighted by Gasteiger charge is 2.31. The molecule has 0 bridgehead atoms. The molecule has 0 saturated heterocycles. The standard InChI is InChI=1S/C53H36N2O2P2/c56-58(41-15-5-1-6-16-41,42-17-7-2-8-18-42)45-29-27-38-33-37(25-26-39(38)34-45)40-28-31-48-47-23-13-14-24-49(47)53-54-50-32-30-46(36-52(50)55(53)51(48)35-40)59(57,43-19-9-3-10-20-43)44-21-11-4-12-22-44/h1-36H. The highest BCUT2D eigenvalue weighted by Crippen LogP contribution is 2.45. The number of rotatable bonds is 7. The Hall–Kier alpha value is -6.83. The van der Waals surface area contributed by atoms with Crippen LogP contribution in [0, 0.1) is 0 Å². The molecule has 0 radical (unpaired) electrons. The molecule has 0 fully saturated rings. The van der Waals surface area contributed by atoms with Crippen molar-refractivity contribution in [3.05, 3.63) is 218 Å². The summed E-state index contributed by atoms with van der Waals surface area (Å²) in [5.41, 5.74) is 5.77. The van der Waals surface area contributed by atoms with Gasteiger partial charge in [-0.25, -0.2) is 4.98 Å². The van der Waals surface area contributed by atoms with E-state index >= 15 is 9.13 Å². The van der Waals surface area contributed by atoms with Crippen molar-refractivity contribution in [1.82, 2.24) is 9.38 Å². The van der Waals surface area contributed by atoms with Crippen LogP contribution in [0.5, 0.6) is 0 Å². The third kappa shape index (κ3) is 5.64. The number of nitrogens with zero attached hydrogens (tertiary/aromatic N) is 2. The summed E-state index contributed by atoms with van der Waals surface area (Å²) in [7, 11) is -6.34. The number of aromatic nitrogens is 2. The molecule has 4 nitrogen and oxygen atoms in total. The van der Waals surface area contributed by atoms with Crippen molar-refractivity contribution in [3.63, 3.8) is 0 Å². The maximum Gasteiger partial charge on any atom is 0.171 e. The first kappa shape index (κ1) is 35.3. The molecule has 0 saturated carbocycles. The summed E-state index contributed by atoms with van der Waals surface area (Å²) in [6, 6.07) is 73.2. The number of imidazole rings is 1. The molecular weight excluding hydrogens is 759 g/mol. The molecule has 0 atom stereocenters. The highest BCUT2D eigenvalue weighted by atomic mass is 31.2. The summed E-state index contributed by atoms with van der Waals surface area (Å²) in [5, 5.41) is 10.2. The quantitative estimate of drug-likeness (QED) is 0.119. The summed E-state index contributed by atoms with van der Waals surface area (Å²) in [4.78, 5) is 5.23. The first-order valence-corrected chi connectivity index (χ1v) is 23.2. The fraction of sp³-hybridized carbons (Fsp3) is 0. The lowest BCUT2D eigenvalue weighted by Gasteiger charge is -2.20. The molecule has 0 amide bonds. The zero-order valence-corrected chi connectivity index (χ0v) is 33.7. The molecule has 11 aromatic rings. The Morgan fingerprint density at radius 2 is 0.797 bits per heavy atom. The normalized spacial score (nSPS) is 12.2. The van der Waals surface area contributed by atoms with Gasteiger partial charge >= 0.3 is 0 Å². The Labute approximate surface area is 341 Å². The predicted molar refractivity (Wildman–Crippen MR) is 249 cm³/mol. The summed E-state index contributed by atoms with van der Waals surface area (Å²) in [5.74, 6) is 0.